The van der Waals surface area contributed by atoms with Gasteiger partial charge in [-0.25, -0.2) is 0 Å². The van der Waals surface area contributed by atoms with Crippen molar-refractivity contribution in [2.45, 2.75) is 12.1 Å². The first-order valence-electron chi connectivity index (χ1n) is 5.61. The number of hydroxylamine groups is 1. The number of fused-ring (bicyclic) bond motifs is 1. The summed E-state index contributed by atoms with van der Waals surface area (Å²) in [6.45, 7) is 4.40. The predicted molar refractivity (Wildman–Crippen MR) is 63.6 cm³/mol. The average molecular weight is 252 g/mol. The Kier molecular flexibility index (Phi) is 3.75. The molecule has 1 aliphatic heterocycles. The number of aromatic nitrogens is 2. The molecule has 2 heterocycles. The summed E-state index contributed by atoms with van der Waals surface area (Å²) in [4.78, 5) is 16.4. The van der Waals surface area contributed by atoms with Gasteiger partial charge in [0.1, 0.15) is 6.04 Å². The van der Waals surface area contributed by atoms with Gasteiger partial charge in [0, 0.05) is 19.2 Å². The van der Waals surface area contributed by atoms with Crippen LogP contribution in [0.3, 0.4) is 0 Å². The molecule has 1 aromatic heterocycles. The lowest BCUT2D eigenvalue weighted by molar-refractivity contribution is -0.140. The van der Waals surface area contributed by atoms with Gasteiger partial charge in [0.2, 0.25) is 0 Å². The highest BCUT2D eigenvalue weighted by Crippen LogP contribution is 2.28. The van der Waals surface area contributed by atoms with E-state index in [4.69, 9.17) is 9.94 Å². The largest absolute Gasteiger partial charge is 0.480 e. The van der Waals surface area contributed by atoms with E-state index in [1.54, 1.807) is 24.0 Å². The molecule has 0 unspecified atom stereocenters. The van der Waals surface area contributed by atoms with Crippen LogP contribution in [0.1, 0.15) is 23.3 Å². The van der Waals surface area contributed by atoms with Crippen LogP contribution in [0.15, 0.2) is 18.9 Å². The van der Waals surface area contributed by atoms with Crippen molar-refractivity contribution in [1.29, 1.82) is 0 Å². The number of carboxylic acids is 1. The lowest BCUT2D eigenvalue weighted by Gasteiger charge is -2.28. The number of rotatable bonds is 5. The molecule has 0 amide bonds. The van der Waals surface area contributed by atoms with Crippen molar-refractivity contribution in [2.24, 2.45) is 7.05 Å². The van der Waals surface area contributed by atoms with E-state index in [9.17, 15) is 4.79 Å². The number of carbonyl (C=O) groups is 1. The SMILES string of the molecule is C=CCON[C@H]1CN[C@@H](C(=O)O)c2c1cnn2C. The first-order valence-corrected chi connectivity index (χ1v) is 5.61. The van der Waals surface area contributed by atoms with E-state index in [1.807, 2.05) is 0 Å². The second-order valence-corrected chi connectivity index (χ2v) is 4.06. The molecule has 7 heteroatoms. The molecule has 0 spiro atoms. The van der Waals surface area contributed by atoms with Crippen molar-refractivity contribution < 1.29 is 14.7 Å². The van der Waals surface area contributed by atoms with Gasteiger partial charge in [-0.2, -0.15) is 10.6 Å². The smallest absolute Gasteiger partial charge is 0.326 e. The van der Waals surface area contributed by atoms with Crippen LogP contribution in [0, 0.1) is 0 Å². The van der Waals surface area contributed by atoms with E-state index in [0.717, 1.165) is 5.56 Å². The van der Waals surface area contributed by atoms with Crippen LogP contribution >= 0.6 is 0 Å². The number of aryl methyl sites for hydroxylation is 1. The minimum Gasteiger partial charge on any atom is -0.480 e. The summed E-state index contributed by atoms with van der Waals surface area (Å²) in [6.07, 6.45) is 3.30. The molecule has 1 aromatic rings. The highest BCUT2D eigenvalue weighted by atomic mass is 16.6. The fraction of sp³-hybridized carbons (Fsp3) is 0.455. The fourth-order valence-electron chi connectivity index (χ4n) is 2.05. The Labute approximate surface area is 104 Å². The Balaban J connectivity index is 2.20. The molecule has 2 rings (SSSR count). The molecular formula is C11H16N4O3. The number of carboxylic acid groups (broad SMARTS) is 1. The molecule has 0 aromatic carbocycles. The Morgan fingerprint density at radius 2 is 2.67 bits per heavy atom. The van der Waals surface area contributed by atoms with Crippen LogP contribution in [0.5, 0.6) is 0 Å². The van der Waals surface area contributed by atoms with Crippen LogP contribution in [-0.2, 0) is 16.7 Å². The monoisotopic (exact) mass is 252 g/mol. The Hall–Kier alpha value is -1.70. The van der Waals surface area contributed by atoms with E-state index in [-0.39, 0.29) is 6.04 Å². The summed E-state index contributed by atoms with van der Waals surface area (Å²) in [7, 11) is 1.73. The molecule has 0 radical (unpaired) electrons. The summed E-state index contributed by atoms with van der Waals surface area (Å²) in [5.41, 5.74) is 4.36. The second kappa shape index (κ2) is 5.30. The van der Waals surface area contributed by atoms with Crippen LogP contribution in [0.2, 0.25) is 0 Å². The van der Waals surface area contributed by atoms with Crippen molar-refractivity contribution in [2.75, 3.05) is 13.2 Å². The van der Waals surface area contributed by atoms with Gasteiger partial charge in [0.15, 0.2) is 0 Å². The molecular weight excluding hydrogens is 236 g/mol. The molecule has 0 saturated carbocycles. The van der Waals surface area contributed by atoms with Gasteiger partial charge < -0.3 is 5.11 Å². The lowest BCUT2D eigenvalue weighted by Crippen LogP contribution is -2.42. The van der Waals surface area contributed by atoms with Crippen molar-refractivity contribution in [3.8, 4) is 0 Å². The van der Waals surface area contributed by atoms with Gasteiger partial charge in [0.25, 0.3) is 0 Å². The van der Waals surface area contributed by atoms with Gasteiger partial charge in [-0.3, -0.25) is 19.6 Å². The summed E-state index contributed by atoms with van der Waals surface area (Å²) < 4.78 is 1.57. The molecule has 0 fully saturated rings. The fourth-order valence-corrected chi connectivity index (χ4v) is 2.05. The maximum Gasteiger partial charge on any atom is 0.326 e. The first-order chi connectivity index (χ1) is 8.65. The van der Waals surface area contributed by atoms with E-state index in [1.165, 1.54) is 0 Å². The molecule has 0 saturated heterocycles. The molecule has 1 aliphatic rings. The highest BCUT2D eigenvalue weighted by molar-refractivity contribution is 5.76. The molecule has 7 nitrogen and oxygen atoms in total. The first kappa shape index (κ1) is 12.7. The maximum atomic E-state index is 11.2. The van der Waals surface area contributed by atoms with Gasteiger partial charge >= 0.3 is 5.97 Å². The van der Waals surface area contributed by atoms with Crippen LogP contribution in [0.25, 0.3) is 0 Å². The van der Waals surface area contributed by atoms with Crippen LogP contribution < -0.4 is 10.8 Å². The van der Waals surface area contributed by atoms with Crippen LogP contribution in [-0.4, -0.2) is 34.0 Å². The van der Waals surface area contributed by atoms with Gasteiger partial charge in [-0.1, -0.05) is 6.08 Å². The maximum absolute atomic E-state index is 11.2. The lowest BCUT2D eigenvalue weighted by atomic mass is 9.98. The third-order valence-corrected chi connectivity index (χ3v) is 2.86. The zero-order chi connectivity index (χ0) is 13.1. The molecule has 18 heavy (non-hydrogen) atoms. The average Bonchev–Trinajstić information content (AvgIpc) is 2.72. The van der Waals surface area contributed by atoms with Crippen molar-refractivity contribution in [1.82, 2.24) is 20.6 Å². The standard InChI is InChI=1S/C11H16N4O3/c1-3-4-18-14-8-6-12-9(11(16)17)10-7(8)5-13-15(10)2/h3,5,8-9,12,14H,1,4,6H2,2H3,(H,16,17)/t8-,9+/m0/s1. The van der Waals surface area contributed by atoms with Gasteiger partial charge in [-0.05, 0) is 0 Å². The Bertz CT molecular complexity index is 457. The van der Waals surface area contributed by atoms with Crippen molar-refractivity contribution in [3.63, 3.8) is 0 Å². The highest BCUT2D eigenvalue weighted by Gasteiger charge is 2.34. The number of nitrogens with zero attached hydrogens (tertiary/aromatic N) is 2. The molecule has 0 aliphatic carbocycles. The van der Waals surface area contributed by atoms with E-state index in [0.29, 0.717) is 18.8 Å². The minimum atomic E-state index is -0.912. The predicted octanol–water partition coefficient (Wildman–Crippen LogP) is -0.103. The molecule has 98 valence electrons. The third kappa shape index (κ3) is 2.28. The summed E-state index contributed by atoms with van der Waals surface area (Å²) >= 11 is 0. The third-order valence-electron chi connectivity index (χ3n) is 2.86. The molecule has 3 N–H and O–H groups in total. The van der Waals surface area contributed by atoms with E-state index < -0.39 is 12.0 Å². The quantitative estimate of drug-likeness (QED) is 0.385. The van der Waals surface area contributed by atoms with Crippen molar-refractivity contribution in [3.05, 3.63) is 30.1 Å². The van der Waals surface area contributed by atoms with Crippen molar-refractivity contribution >= 4 is 5.97 Å². The van der Waals surface area contributed by atoms with Crippen LogP contribution in [0.4, 0.5) is 0 Å². The van der Waals surface area contributed by atoms with Gasteiger partial charge in [-0.15, -0.1) is 6.58 Å². The normalized spacial score (nSPS) is 22.5. The summed E-state index contributed by atoms with van der Waals surface area (Å²) in [5, 5.41) is 16.2. The number of hydrogen-bond acceptors (Lipinski definition) is 5. The summed E-state index contributed by atoms with van der Waals surface area (Å²) in [5.74, 6) is -0.912. The molecule has 2 atom stereocenters. The second-order valence-electron chi connectivity index (χ2n) is 4.06. The zero-order valence-electron chi connectivity index (χ0n) is 10.1. The zero-order valence-corrected chi connectivity index (χ0v) is 10.1. The number of hydrogen-bond donors (Lipinski definition) is 3. The summed E-state index contributed by atoms with van der Waals surface area (Å²) in [6, 6.07) is -0.853. The number of nitrogens with one attached hydrogen (secondary N) is 2. The minimum absolute atomic E-state index is 0.121. The number of aliphatic carboxylic acids is 1. The Morgan fingerprint density at radius 1 is 1.89 bits per heavy atom. The van der Waals surface area contributed by atoms with E-state index >= 15 is 0 Å². The Morgan fingerprint density at radius 3 is 3.33 bits per heavy atom. The topological polar surface area (TPSA) is 88.4 Å². The van der Waals surface area contributed by atoms with Gasteiger partial charge in [0.05, 0.1) is 24.5 Å². The molecule has 0 bridgehead atoms. The van der Waals surface area contributed by atoms with E-state index in [2.05, 4.69) is 22.5 Å².